The molecule has 1 saturated heterocycles. The molecule has 1 amide bonds. The summed E-state index contributed by atoms with van der Waals surface area (Å²) in [7, 11) is 0. The van der Waals surface area contributed by atoms with Crippen LogP contribution in [0.1, 0.15) is 25.7 Å². The van der Waals surface area contributed by atoms with Crippen molar-refractivity contribution in [3.63, 3.8) is 0 Å². The number of β-amino-alcohol motifs (C(OH)–C–C–N with tert-alkyl or cyclic N) is 1. The number of carboxylic acid groups (broad SMARTS) is 1. The monoisotopic (exact) mass is 308 g/mol. The molecule has 1 atom stereocenters. The number of carboxylic acids is 1. The standard InChI is InChI=1S/C14H20N4O4/c19-11(3-4-12(20)21)17-9-14(22)5-1-8-18(10-14)13-15-6-2-7-16-13/h2,6-7,22H,1,3-5,8-10H2,(H,17,19)(H,20,21). The number of carbonyl (C=O) groups is 2. The van der Waals surface area contributed by atoms with Crippen LogP contribution in [0.2, 0.25) is 0 Å². The molecule has 8 heteroatoms. The normalized spacial score (nSPS) is 21.4. The second kappa shape index (κ2) is 7.17. The van der Waals surface area contributed by atoms with Crippen molar-refractivity contribution in [1.29, 1.82) is 0 Å². The summed E-state index contributed by atoms with van der Waals surface area (Å²) in [4.78, 5) is 32.2. The molecule has 2 rings (SSSR count). The van der Waals surface area contributed by atoms with Crippen molar-refractivity contribution in [2.24, 2.45) is 0 Å². The third-order valence-corrected chi connectivity index (χ3v) is 3.57. The van der Waals surface area contributed by atoms with Gasteiger partial charge in [-0.25, -0.2) is 9.97 Å². The van der Waals surface area contributed by atoms with Gasteiger partial charge in [0.25, 0.3) is 0 Å². The molecule has 2 heterocycles. The number of carbonyl (C=O) groups excluding carboxylic acids is 1. The molecule has 120 valence electrons. The average Bonchev–Trinajstić information content (AvgIpc) is 2.52. The second-order valence-corrected chi connectivity index (χ2v) is 5.47. The Morgan fingerprint density at radius 2 is 2.05 bits per heavy atom. The number of amides is 1. The summed E-state index contributed by atoms with van der Waals surface area (Å²) in [6.45, 7) is 1.17. The zero-order valence-corrected chi connectivity index (χ0v) is 12.2. The molecule has 0 radical (unpaired) electrons. The summed E-state index contributed by atoms with van der Waals surface area (Å²) in [5, 5.41) is 21.7. The summed E-state index contributed by atoms with van der Waals surface area (Å²) in [6.07, 6.45) is 4.31. The SMILES string of the molecule is O=C(O)CCC(=O)NCC1(O)CCCN(c2ncccn2)C1. The van der Waals surface area contributed by atoms with E-state index in [2.05, 4.69) is 15.3 Å². The van der Waals surface area contributed by atoms with Gasteiger partial charge in [-0.05, 0) is 18.9 Å². The van der Waals surface area contributed by atoms with Crippen LogP contribution in [0.4, 0.5) is 5.95 Å². The molecule has 0 spiro atoms. The van der Waals surface area contributed by atoms with Crippen LogP contribution in [0, 0.1) is 0 Å². The summed E-state index contributed by atoms with van der Waals surface area (Å²) in [6, 6.07) is 1.72. The van der Waals surface area contributed by atoms with Crippen molar-refractivity contribution in [1.82, 2.24) is 15.3 Å². The number of hydrogen-bond donors (Lipinski definition) is 3. The highest BCUT2D eigenvalue weighted by Crippen LogP contribution is 2.23. The first kappa shape index (κ1) is 16.2. The fraction of sp³-hybridized carbons (Fsp3) is 0.571. The molecule has 3 N–H and O–H groups in total. The van der Waals surface area contributed by atoms with E-state index in [0.717, 1.165) is 13.0 Å². The maximum Gasteiger partial charge on any atom is 0.303 e. The van der Waals surface area contributed by atoms with Gasteiger partial charge in [0.15, 0.2) is 0 Å². The summed E-state index contributed by atoms with van der Waals surface area (Å²) in [5.41, 5.74) is -1.06. The van der Waals surface area contributed by atoms with Crippen molar-refractivity contribution in [3.05, 3.63) is 18.5 Å². The van der Waals surface area contributed by atoms with E-state index in [1.54, 1.807) is 18.5 Å². The Bertz CT molecular complexity index is 525. The molecule has 0 bridgehead atoms. The fourth-order valence-electron chi connectivity index (χ4n) is 2.45. The highest BCUT2D eigenvalue weighted by atomic mass is 16.4. The van der Waals surface area contributed by atoms with Crippen LogP contribution in [-0.4, -0.2) is 57.3 Å². The molecular weight excluding hydrogens is 288 g/mol. The Balaban J connectivity index is 1.87. The van der Waals surface area contributed by atoms with E-state index in [1.165, 1.54) is 0 Å². The first-order valence-electron chi connectivity index (χ1n) is 7.21. The number of rotatable bonds is 6. The van der Waals surface area contributed by atoms with Crippen molar-refractivity contribution < 1.29 is 19.8 Å². The van der Waals surface area contributed by atoms with Gasteiger partial charge in [0, 0.05) is 31.9 Å². The van der Waals surface area contributed by atoms with E-state index in [1.807, 2.05) is 4.90 Å². The molecule has 1 unspecified atom stereocenters. The van der Waals surface area contributed by atoms with Gasteiger partial charge in [0.05, 0.1) is 18.6 Å². The van der Waals surface area contributed by atoms with Crippen LogP contribution in [0.25, 0.3) is 0 Å². The summed E-state index contributed by atoms with van der Waals surface area (Å²) < 4.78 is 0. The van der Waals surface area contributed by atoms with Crippen molar-refractivity contribution in [2.45, 2.75) is 31.3 Å². The zero-order chi connectivity index (χ0) is 16.0. The lowest BCUT2D eigenvalue weighted by Gasteiger charge is -2.39. The van der Waals surface area contributed by atoms with Gasteiger partial charge in [0.2, 0.25) is 11.9 Å². The number of nitrogens with zero attached hydrogens (tertiary/aromatic N) is 3. The molecule has 0 aromatic carbocycles. The molecule has 0 aliphatic carbocycles. The van der Waals surface area contributed by atoms with E-state index < -0.39 is 11.6 Å². The van der Waals surface area contributed by atoms with Crippen LogP contribution < -0.4 is 10.2 Å². The van der Waals surface area contributed by atoms with Crippen LogP contribution >= 0.6 is 0 Å². The van der Waals surface area contributed by atoms with Gasteiger partial charge in [0.1, 0.15) is 0 Å². The number of anilines is 1. The molecule has 22 heavy (non-hydrogen) atoms. The number of piperidine rings is 1. The molecule has 1 aliphatic rings. The Morgan fingerprint density at radius 3 is 2.73 bits per heavy atom. The predicted molar refractivity (Wildman–Crippen MR) is 78.3 cm³/mol. The van der Waals surface area contributed by atoms with Crippen molar-refractivity contribution in [3.8, 4) is 0 Å². The van der Waals surface area contributed by atoms with Gasteiger partial charge in [-0.1, -0.05) is 0 Å². The maximum absolute atomic E-state index is 11.6. The average molecular weight is 308 g/mol. The minimum atomic E-state index is -1.06. The van der Waals surface area contributed by atoms with Crippen LogP contribution in [0.15, 0.2) is 18.5 Å². The Labute approximate surface area is 128 Å². The predicted octanol–water partition coefficient (Wildman–Crippen LogP) is -0.211. The highest BCUT2D eigenvalue weighted by Gasteiger charge is 2.34. The van der Waals surface area contributed by atoms with E-state index in [9.17, 15) is 14.7 Å². The van der Waals surface area contributed by atoms with Crippen molar-refractivity contribution in [2.75, 3.05) is 24.5 Å². The molecular formula is C14H20N4O4. The number of aliphatic carboxylic acids is 1. The van der Waals surface area contributed by atoms with Gasteiger partial charge in [-0.2, -0.15) is 0 Å². The van der Waals surface area contributed by atoms with E-state index in [-0.39, 0.29) is 25.3 Å². The lowest BCUT2D eigenvalue weighted by molar-refractivity contribution is -0.139. The maximum atomic E-state index is 11.6. The van der Waals surface area contributed by atoms with Crippen LogP contribution in [-0.2, 0) is 9.59 Å². The largest absolute Gasteiger partial charge is 0.481 e. The van der Waals surface area contributed by atoms with Gasteiger partial charge >= 0.3 is 5.97 Å². The van der Waals surface area contributed by atoms with Gasteiger partial charge < -0.3 is 20.4 Å². The Kier molecular flexibility index (Phi) is 5.26. The Morgan fingerprint density at radius 1 is 1.32 bits per heavy atom. The lowest BCUT2D eigenvalue weighted by Crippen LogP contribution is -2.54. The van der Waals surface area contributed by atoms with E-state index in [4.69, 9.17) is 5.11 Å². The third kappa shape index (κ3) is 4.66. The van der Waals surface area contributed by atoms with Crippen LogP contribution in [0.5, 0.6) is 0 Å². The van der Waals surface area contributed by atoms with Gasteiger partial charge in [-0.15, -0.1) is 0 Å². The van der Waals surface area contributed by atoms with E-state index in [0.29, 0.717) is 18.9 Å². The number of hydrogen-bond acceptors (Lipinski definition) is 6. The molecule has 8 nitrogen and oxygen atoms in total. The lowest BCUT2D eigenvalue weighted by atomic mass is 9.93. The van der Waals surface area contributed by atoms with E-state index >= 15 is 0 Å². The molecule has 1 aromatic rings. The zero-order valence-electron chi connectivity index (χ0n) is 12.2. The molecule has 1 aliphatic heterocycles. The minimum Gasteiger partial charge on any atom is -0.481 e. The second-order valence-electron chi connectivity index (χ2n) is 5.47. The summed E-state index contributed by atoms with van der Waals surface area (Å²) in [5.74, 6) is -0.833. The minimum absolute atomic E-state index is 0.0864. The molecule has 1 fully saturated rings. The fourth-order valence-corrected chi connectivity index (χ4v) is 2.45. The topological polar surface area (TPSA) is 116 Å². The smallest absolute Gasteiger partial charge is 0.303 e. The summed E-state index contributed by atoms with van der Waals surface area (Å²) >= 11 is 0. The molecule has 1 aromatic heterocycles. The number of nitrogens with one attached hydrogen (secondary N) is 1. The quantitative estimate of drug-likeness (QED) is 0.666. The van der Waals surface area contributed by atoms with Crippen LogP contribution in [0.3, 0.4) is 0 Å². The first-order chi connectivity index (χ1) is 10.5. The molecule has 0 saturated carbocycles. The van der Waals surface area contributed by atoms with Gasteiger partial charge in [-0.3, -0.25) is 9.59 Å². The van der Waals surface area contributed by atoms with Crippen molar-refractivity contribution >= 4 is 17.8 Å². The first-order valence-corrected chi connectivity index (χ1v) is 7.21. The third-order valence-electron chi connectivity index (χ3n) is 3.57. The number of aromatic nitrogens is 2. The highest BCUT2D eigenvalue weighted by molar-refractivity contribution is 5.80. The number of aliphatic hydroxyl groups is 1. The Hall–Kier alpha value is -2.22.